The maximum atomic E-state index is 12.9. The smallest absolute Gasteiger partial charge is 0.264 e. The summed E-state index contributed by atoms with van der Waals surface area (Å²) in [6.07, 6.45) is 2.25. The van der Waals surface area contributed by atoms with Crippen LogP contribution in [0.3, 0.4) is 0 Å². The van der Waals surface area contributed by atoms with E-state index in [0.29, 0.717) is 6.04 Å². The van der Waals surface area contributed by atoms with Crippen molar-refractivity contribution in [2.45, 2.75) is 25.4 Å². The standard InChI is InChI=1S/C16H17N3OS3/c1-18(2)16-17-14-12(23-16)8-13(22-14)15(20)19(10-5-6-10)9-11-4-3-7-21-11/h3-4,7-8,10H,5-6,9H2,1-2H3. The molecule has 0 atom stereocenters. The average Bonchev–Trinajstić information content (AvgIpc) is 2.94. The zero-order chi connectivity index (χ0) is 16.0. The molecule has 23 heavy (non-hydrogen) atoms. The van der Waals surface area contributed by atoms with Gasteiger partial charge in [-0.05, 0) is 30.4 Å². The molecule has 3 heterocycles. The van der Waals surface area contributed by atoms with Crippen molar-refractivity contribution in [2.24, 2.45) is 0 Å². The van der Waals surface area contributed by atoms with E-state index in [4.69, 9.17) is 0 Å². The maximum Gasteiger partial charge on any atom is 0.264 e. The molecule has 4 nitrogen and oxygen atoms in total. The molecule has 0 saturated heterocycles. The number of nitrogens with zero attached hydrogens (tertiary/aromatic N) is 3. The molecule has 0 radical (unpaired) electrons. The molecule has 120 valence electrons. The van der Waals surface area contributed by atoms with E-state index >= 15 is 0 Å². The molecule has 3 aromatic rings. The van der Waals surface area contributed by atoms with E-state index in [1.165, 1.54) is 16.2 Å². The number of fused-ring (bicyclic) bond motifs is 1. The van der Waals surface area contributed by atoms with Gasteiger partial charge in [0.1, 0.15) is 4.83 Å². The van der Waals surface area contributed by atoms with Crippen LogP contribution in [0.1, 0.15) is 27.4 Å². The highest BCUT2D eigenvalue weighted by Gasteiger charge is 2.34. The number of carbonyl (C=O) groups excluding carboxylic acids is 1. The Hall–Kier alpha value is -1.44. The van der Waals surface area contributed by atoms with Gasteiger partial charge in [0.15, 0.2) is 5.13 Å². The molecular formula is C16H17N3OS3. The number of thiophene rings is 2. The molecule has 0 N–H and O–H groups in total. The van der Waals surface area contributed by atoms with Gasteiger partial charge >= 0.3 is 0 Å². The molecule has 7 heteroatoms. The maximum absolute atomic E-state index is 12.9. The summed E-state index contributed by atoms with van der Waals surface area (Å²) in [5.41, 5.74) is 0. The SMILES string of the molecule is CN(C)c1nc2sc(C(=O)N(Cc3cccs3)C3CC3)cc2s1. The predicted molar refractivity (Wildman–Crippen MR) is 99.0 cm³/mol. The molecule has 1 fully saturated rings. The van der Waals surface area contributed by atoms with Gasteiger partial charge in [-0.3, -0.25) is 4.79 Å². The van der Waals surface area contributed by atoms with E-state index in [-0.39, 0.29) is 5.91 Å². The first kappa shape index (κ1) is 15.1. The van der Waals surface area contributed by atoms with Crippen LogP contribution in [-0.4, -0.2) is 35.9 Å². The van der Waals surface area contributed by atoms with Gasteiger partial charge in [-0.2, -0.15) is 0 Å². The summed E-state index contributed by atoms with van der Waals surface area (Å²) in [5.74, 6) is 0.155. The van der Waals surface area contributed by atoms with Gasteiger partial charge in [-0.15, -0.1) is 22.7 Å². The first-order valence-corrected chi connectivity index (χ1v) is 10.0. The molecule has 1 aliphatic rings. The summed E-state index contributed by atoms with van der Waals surface area (Å²) in [4.78, 5) is 24.6. The Labute approximate surface area is 147 Å². The summed E-state index contributed by atoms with van der Waals surface area (Å²) < 4.78 is 1.11. The second-order valence-corrected chi connectivity index (χ2v) is 8.99. The van der Waals surface area contributed by atoms with Crippen molar-refractivity contribution in [3.63, 3.8) is 0 Å². The number of carbonyl (C=O) groups is 1. The van der Waals surface area contributed by atoms with Gasteiger partial charge in [0.2, 0.25) is 0 Å². The van der Waals surface area contributed by atoms with Crippen LogP contribution >= 0.6 is 34.0 Å². The number of thiazole rings is 1. The van der Waals surface area contributed by atoms with Crippen molar-refractivity contribution in [1.82, 2.24) is 9.88 Å². The molecule has 4 rings (SSSR count). The van der Waals surface area contributed by atoms with Crippen LogP contribution in [0.2, 0.25) is 0 Å². The lowest BCUT2D eigenvalue weighted by Gasteiger charge is -2.20. The van der Waals surface area contributed by atoms with E-state index in [1.54, 1.807) is 22.7 Å². The highest BCUT2D eigenvalue weighted by Crippen LogP contribution is 2.36. The number of anilines is 1. The highest BCUT2D eigenvalue weighted by atomic mass is 32.1. The first-order valence-electron chi connectivity index (χ1n) is 7.53. The van der Waals surface area contributed by atoms with Gasteiger partial charge in [-0.25, -0.2) is 4.98 Å². The van der Waals surface area contributed by atoms with E-state index in [2.05, 4.69) is 16.4 Å². The minimum absolute atomic E-state index is 0.155. The third kappa shape index (κ3) is 3.00. The summed E-state index contributed by atoms with van der Waals surface area (Å²) in [5, 5.41) is 3.06. The predicted octanol–water partition coefficient (Wildman–Crippen LogP) is 4.29. The Morgan fingerprint density at radius 1 is 1.35 bits per heavy atom. The second-order valence-electron chi connectivity index (χ2n) is 5.91. The van der Waals surface area contributed by atoms with E-state index in [0.717, 1.165) is 38.9 Å². The minimum Gasteiger partial charge on any atom is -0.354 e. The van der Waals surface area contributed by atoms with Gasteiger partial charge in [-0.1, -0.05) is 17.4 Å². The van der Waals surface area contributed by atoms with Crippen LogP contribution in [-0.2, 0) is 6.54 Å². The Bertz CT molecular complexity index is 799. The van der Waals surface area contributed by atoms with Gasteiger partial charge in [0.25, 0.3) is 5.91 Å². The van der Waals surface area contributed by atoms with Gasteiger partial charge in [0, 0.05) is 25.0 Å². The number of aromatic nitrogens is 1. The molecule has 0 aliphatic heterocycles. The van der Waals surface area contributed by atoms with Crippen molar-refractivity contribution in [2.75, 3.05) is 19.0 Å². The lowest BCUT2D eigenvalue weighted by molar-refractivity contribution is 0.0737. The monoisotopic (exact) mass is 363 g/mol. The number of amides is 1. The number of rotatable bonds is 5. The van der Waals surface area contributed by atoms with Crippen molar-refractivity contribution >= 4 is 54.6 Å². The quantitative estimate of drug-likeness (QED) is 0.678. The van der Waals surface area contributed by atoms with Crippen molar-refractivity contribution < 1.29 is 4.79 Å². The molecule has 0 aromatic carbocycles. The van der Waals surface area contributed by atoms with Gasteiger partial charge < -0.3 is 9.80 Å². The fourth-order valence-electron chi connectivity index (χ4n) is 2.49. The molecule has 1 saturated carbocycles. The fraction of sp³-hybridized carbons (Fsp3) is 0.375. The van der Waals surface area contributed by atoms with Crippen LogP contribution in [0, 0.1) is 0 Å². The summed E-state index contributed by atoms with van der Waals surface area (Å²) in [6.45, 7) is 0.725. The van der Waals surface area contributed by atoms with Crippen LogP contribution in [0.25, 0.3) is 9.53 Å². The first-order chi connectivity index (χ1) is 11.1. The molecular weight excluding hydrogens is 346 g/mol. The van der Waals surface area contributed by atoms with Crippen molar-refractivity contribution in [3.05, 3.63) is 33.3 Å². The molecule has 1 aliphatic carbocycles. The van der Waals surface area contributed by atoms with E-state index in [1.807, 2.05) is 36.0 Å². The normalized spacial score (nSPS) is 14.3. The minimum atomic E-state index is 0.155. The van der Waals surface area contributed by atoms with Crippen LogP contribution in [0.15, 0.2) is 23.6 Å². The van der Waals surface area contributed by atoms with Crippen LogP contribution in [0.4, 0.5) is 5.13 Å². The zero-order valence-electron chi connectivity index (χ0n) is 13.0. The molecule has 0 spiro atoms. The summed E-state index contributed by atoms with van der Waals surface area (Å²) in [7, 11) is 3.98. The summed E-state index contributed by atoms with van der Waals surface area (Å²) >= 11 is 4.87. The lowest BCUT2D eigenvalue weighted by atomic mass is 10.3. The Morgan fingerprint density at radius 3 is 2.78 bits per heavy atom. The highest BCUT2D eigenvalue weighted by molar-refractivity contribution is 7.29. The average molecular weight is 364 g/mol. The van der Waals surface area contributed by atoms with E-state index in [9.17, 15) is 4.79 Å². The largest absolute Gasteiger partial charge is 0.354 e. The molecule has 3 aromatic heterocycles. The summed E-state index contributed by atoms with van der Waals surface area (Å²) in [6, 6.07) is 6.57. The molecule has 0 bridgehead atoms. The second kappa shape index (κ2) is 5.89. The van der Waals surface area contributed by atoms with Gasteiger partial charge in [0.05, 0.1) is 16.1 Å². The third-order valence-electron chi connectivity index (χ3n) is 3.83. The van der Waals surface area contributed by atoms with Crippen LogP contribution in [0.5, 0.6) is 0 Å². The Kier molecular flexibility index (Phi) is 3.87. The number of hydrogen-bond donors (Lipinski definition) is 0. The zero-order valence-corrected chi connectivity index (χ0v) is 15.4. The Morgan fingerprint density at radius 2 is 2.17 bits per heavy atom. The van der Waals surface area contributed by atoms with Crippen molar-refractivity contribution in [1.29, 1.82) is 0 Å². The van der Waals surface area contributed by atoms with Crippen molar-refractivity contribution in [3.8, 4) is 0 Å². The third-order valence-corrected chi connectivity index (χ3v) is 7.00. The molecule has 0 unspecified atom stereocenters. The lowest BCUT2D eigenvalue weighted by Crippen LogP contribution is -2.31. The fourth-order valence-corrected chi connectivity index (χ4v) is 5.28. The molecule has 1 amide bonds. The Balaban J connectivity index is 1.59. The van der Waals surface area contributed by atoms with E-state index < -0.39 is 0 Å². The topological polar surface area (TPSA) is 36.4 Å². The van der Waals surface area contributed by atoms with Crippen LogP contribution < -0.4 is 4.90 Å². The number of hydrogen-bond acceptors (Lipinski definition) is 6.